The minimum Gasteiger partial charge on any atom is -0.508 e. The van der Waals surface area contributed by atoms with Gasteiger partial charge >= 0.3 is 0 Å². The first-order valence-electron chi connectivity index (χ1n) is 5.84. The molecule has 7 heteroatoms. The van der Waals surface area contributed by atoms with Gasteiger partial charge in [-0.3, -0.25) is 4.79 Å². The van der Waals surface area contributed by atoms with Crippen molar-refractivity contribution in [1.82, 2.24) is 4.72 Å². The molecule has 0 unspecified atom stereocenters. The van der Waals surface area contributed by atoms with E-state index >= 15 is 0 Å². The SMILES string of the molecule is O=Cc1ccc(S(=O)(=O)NCCc2ccc(O)cc2)o1. The van der Waals surface area contributed by atoms with E-state index in [-0.39, 0.29) is 23.1 Å². The number of hydrogen-bond donors (Lipinski definition) is 2. The Hall–Kier alpha value is -2.12. The van der Waals surface area contributed by atoms with Crippen molar-refractivity contribution in [1.29, 1.82) is 0 Å². The van der Waals surface area contributed by atoms with E-state index in [0.717, 1.165) is 5.56 Å². The highest BCUT2D eigenvalue weighted by Gasteiger charge is 2.17. The van der Waals surface area contributed by atoms with Crippen molar-refractivity contribution < 1.29 is 22.7 Å². The Balaban J connectivity index is 1.95. The minimum atomic E-state index is -3.75. The number of sulfonamides is 1. The van der Waals surface area contributed by atoms with Crippen molar-refractivity contribution in [3.8, 4) is 5.75 Å². The maximum absolute atomic E-state index is 11.8. The van der Waals surface area contributed by atoms with Crippen LogP contribution < -0.4 is 4.72 Å². The predicted molar refractivity (Wildman–Crippen MR) is 71.1 cm³/mol. The Morgan fingerprint density at radius 3 is 2.45 bits per heavy atom. The summed E-state index contributed by atoms with van der Waals surface area (Å²) in [5, 5.41) is 8.85. The highest BCUT2D eigenvalue weighted by atomic mass is 32.2. The summed E-state index contributed by atoms with van der Waals surface area (Å²) in [5.41, 5.74) is 0.888. The Bertz CT molecular complexity index is 688. The molecule has 0 bridgehead atoms. The second-order valence-electron chi connectivity index (χ2n) is 4.09. The van der Waals surface area contributed by atoms with E-state index in [0.29, 0.717) is 12.7 Å². The number of rotatable bonds is 6. The lowest BCUT2D eigenvalue weighted by Crippen LogP contribution is -2.25. The Morgan fingerprint density at radius 1 is 1.15 bits per heavy atom. The molecule has 0 radical (unpaired) electrons. The van der Waals surface area contributed by atoms with Gasteiger partial charge in [-0.05, 0) is 36.2 Å². The number of carbonyl (C=O) groups excluding carboxylic acids is 1. The van der Waals surface area contributed by atoms with Gasteiger partial charge in [-0.15, -0.1) is 0 Å². The number of benzene rings is 1. The second-order valence-corrected chi connectivity index (χ2v) is 5.79. The molecular weight excluding hydrogens is 282 g/mol. The summed E-state index contributed by atoms with van der Waals surface area (Å²) >= 11 is 0. The monoisotopic (exact) mass is 295 g/mol. The lowest BCUT2D eigenvalue weighted by atomic mass is 10.1. The molecule has 0 spiro atoms. The van der Waals surface area contributed by atoms with Crippen LogP contribution in [0.3, 0.4) is 0 Å². The molecule has 0 aliphatic heterocycles. The number of phenols is 1. The topological polar surface area (TPSA) is 96.6 Å². The molecule has 1 aromatic carbocycles. The normalized spacial score (nSPS) is 11.4. The first kappa shape index (κ1) is 14.3. The second kappa shape index (κ2) is 5.89. The van der Waals surface area contributed by atoms with Gasteiger partial charge in [-0.25, -0.2) is 13.1 Å². The van der Waals surface area contributed by atoms with Gasteiger partial charge in [0.2, 0.25) is 5.09 Å². The smallest absolute Gasteiger partial charge is 0.273 e. The van der Waals surface area contributed by atoms with Crippen molar-refractivity contribution in [3.63, 3.8) is 0 Å². The number of furan rings is 1. The van der Waals surface area contributed by atoms with Crippen molar-refractivity contribution in [2.24, 2.45) is 0 Å². The first-order valence-corrected chi connectivity index (χ1v) is 7.32. The lowest BCUT2D eigenvalue weighted by molar-refractivity contribution is 0.109. The standard InChI is InChI=1S/C13H13NO5S/c15-9-12-5-6-13(19-12)20(17,18)14-8-7-10-1-3-11(16)4-2-10/h1-6,9,14,16H,7-8H2. The van der Waals surface area contributed by atoms with Gasteiger partial charge < -0.3 is 9.52 Å². The van der Waals surface area contributed by atoms with Gasteiger partial charge in [-0.2, -0.15) is 0 Å². The summed E-state index contributed by atoms with van der Waals surface area (Å²) in [4.78, 5) is 10.4. The van der Waals surface area contributed by atoms with E-state index in [1.54, 1.807) is 12.1 Å². The maximum atomic E-state index is 11.8. The van der Waals surface area contributed by atoms with E-state index < -0.39 is 10.0 Å². The fourth-order valence-corrected chi connectivity index (χ4v) is 2.57. The number of aldehydes is 1. The van der Waals surface area contributed by atoms with E-state index in [1.165, 1.54) is 24.3 Å². The van der Waals surface area contributed by atoms with Crippen LogP contribution in [0, 0.1) is 0 Å². The highest BCUT2D eigenvalue weighted by molar-refractivity contribution is 7.89. The van der Waals surface area contributed by atoms with Gasteiger partial charge in [0.05, 0.1) is 0 Å². The van der Waals surface area contributed by atoms with Crippen LogP contribution in [0.15, 0.2) is 45.9 Å². The molecule has 0 aliphatic carbocycles. The lowest BCUT2D eigenvalue weighted by Gasteiger charge is -2.04. The molecule has 106 valence electrons. The van der Waals surface area contributed by atoms with Crippen LogP contribution in [0.1, 0.15) is 16.1 Å². The third-order valence-corrected chi connectivity index (χ3v) is 3.96. The van der Waals surface area contributed by atoms with Crippen LogP contribution in [0.5, 0.6) is 5.75 Å². The molecule has 2 rings (SSSR count). The van der Waals surface area contributed by atoms with Gasteiger partial charge in [0.1, 0.15) is 5.75 Å². The van der Waals surface area contributed by atoms with Crippen molar-refractivity contribution >= 4 is 16.3 Å². The van der Waals surface area contributed by atoms with Gasteiger partial charge in [0.25, 0.3) is 10.0 Å². The Kier molecular flexibility index (Phi) is 4.21. The largest absolute Gasteiger partial charge is 0.508 e. The molecule has 6 nitrogen and oxygen atoms in total. The van der Waals surface area contributed by atoms with Crippen LogP contribution in [0.4, 0.5) is 0 Å². The molecule has 20 heavy (non-hydrogen) atoms. The zero-order valence-corrected chi connectivity index (χ0v) is 11.3. The van der Waals surface area contributed by atoms with Crippen LogP contribution >= 0.6 is 0 Å². The molecule has 0 saturated carbocycles. The van der Waals surface area contributed by atoms with E-state index in [4.69, 9.17) is 9.52 Å². The van der Waals surface area contributed by atoms with E-state index in [1.807, 2.05) is 0 Å². The van der Waals surface area contributed by atoms with E-state index in [2.05, 4.69) is 4.72 Å². The van der Waals surface area contributed by atoms with Crippen molar-refractivity contribution in [2.45, 2.75) is 11.5 Å². The number of carbonyl (C=O) groups is 1. The zero-order chi connectivity index (χ0) is 14.6. The molecule has 0 amide bonds. The quantitative estimate of drug-likeness (QED) is 0.783. The zero-order valence-electron chi connectivity index (χ0n) is 10.4. The molecule has 0 fully saturated rings. The molecule has 0 aliphatic rings. The molecule has 0 saturated heterocycles. The van der Waals surface area contributed by atoms with Crippen LogP contribution in [-0.4, -0.2) is 26.4 Å². The van der Waals surface area contributed by atoms with Crippen molar-refractivity contribution in [3.05, 3.63) is 47.7 Å². The molecule has 2 N–H and O–H groups in total. The van der Waals surface area contributed by atoms with Gasteiger partial charge in [0, 0.05) is 6.54 Å². The molecular formula is C13H13NO5S. The van der Waals surface area contributed by atoms with Gasteiger partial charge in [-0.1, -0.05) is 12.1 Å². The molecule has 0 atom stereocenters. The number of nitrogens with one attached hydrogen (secondary N) is 1. The first-order chi connectivity index (χ1) is 9.51. The summed E-state index contributed by atoms with van der Waals surface area (Å²) in [5.74, 6) is 0.121. The minimum absolute atomic E-state index is 0.0380. The molecule has 1 heterocycles. The Morgan fingerprint density at radius 2 is 1.85 bits per heavy atom. The molecule has 1 aromatic heterocycles. The average Bonchev–Trinajstić information content (AvgIpc) is 2.90. The Labute approximate surface area is 116 Å². The summed E-state index contributed by atoms with van der Waals surface area (Å²) in [6.07, 6.45) is 0.913. The van der Waals surface area contributed by atoms with Crippen molar-refractivity contribution in [2.75, 3.05) is 6.54 Å². The van der Waals surface area contributed by atoms with E-state index in [9.17, 15) is 13.2 Å². The maximum Gasteiger partial charge on any atom is 0.273 e. The summed E-state index contributed by atoms with van der Waals surface area (Å²) in [6.45, 7) is 0.185. The summed E-state index contributed by atoms with van der Waals surface area (Å²) in [6, 6.07) is 9.01. The number of aromatic hydroxyl groups is 1. The number of phenolic OH excluding ortho intramolecular Hbond substituents is 1. The average molecular weight is 295 g/mol. The molecule has 2 aromatic rings. The van der Waals surface area contributed by atoms with Crippen LogP contribution in [-0.2, 0) is 16.4 Å². The fraction of sp³-hybridized carbons (Fsp3) is 0.154. The summed E-state index contributed by atoms with van der Waals surface area (Å²) < 4.78 is 30.9. The fourth-order valence-electron chi connectivity index (χ4n) is 1.61. The number of hydrogen-bond acceptors (Lipinski definition) is 5. The predicted octanol–water partition coefficient (Wildman–Crippen LogP) is 1.32. The van der Waals surface area contributed by atoms with Crippen LogP contribution in [0.25, 0.3) is 0 Å². The third kappa shape index (κ3) is 3.46. The third-order valence-electron chi connectivity index (χ3n) is 2.63. The van der Waals surface area contributed by atoms with Crippen LogP contribution in [0.2, 0.25) is 0 Å². The van der Waals surface area contributed by atoms with Gasteiger partial charge in [0.15, 0.2) is 12.0 Å². The highest BCUT2D eigenvalue weighted by Crippen LogP contribution is 2.13. The summed E-state index contributed by atoms with van der Waals surface area (Å²) in [7, 11) is -3.75.